The molecule has 1 aromatic carbocycles. The largest absolute Gasteiger partial charge is 0.418 e. The summed E-state index contributed by atoms with van der Waals surface area (Å²) in [5.41, 5.74) is 5.62. The Kier molecular flexibility index (Phi) is 3.28. The average molecular weight is 244 g/mol. The van der Waals surface area contributed by atoms with Gasteiger partial charge < -0.3 is 10.6 Å². The van der Waals surface area contributed by atoms with Gasteiger partial charge in [-0.3, -0.25) is 0 Å². The van der Waals surface area contributed by atoms with Crippen molar-refractivity contribution < 1.29 is 13.2 Å². The van der Waals surface area contributed by atoms with Crippen LogP contribution in [0.25, 0.3) is 0 Å². The Balaban J connectivity index is 2.42. The van der Waals surface area contributed by atoms with Crippen LogP contribution in [0.1, 0.15) is 24.0 Å². The highest BCUT2D eigenvalue weighted by Gasteiger charge is 2.35. The first kappa shape index (κ1) is 12.2. The zero-order valence-corrected chi connectivity index (χ0v) is 9.43. The third-order valence-corrected chi connectivity index (χ3v) is 3.05. The van der Waals surface area contributed by atoms with Crippen LogP contribution in [-0.4, -0.2) is 13.1 Å². The molecule has 0 radical (unpaired) electrons. The maximum Gasteiger partial charge on any atom is 0.418 e. The number of alkyl halides is 3. The van der Waals surface area contributed by atoms with E-state index in [1.54, 1.807) is 11.0 Å². The van der Waals surface area contributed by atoms with E-state index in [0.717, 1.165) is 18.9 Å². The maximum absolute atomic E-state index is 13.0. The summed E-state index contributed by atoms with van der Waals surface area (Å²) in [6.07, 6.45) is -2.41. The lowest BCUT2D eigenvalue weighted by molar-refractivity contribution is -0.137. The maximum atomic E-state index is 13.0. The quantitative estimate of drug-likeness (QED) is 0.866. The lowest BCUT2D eigenvalue weighted by Gasteiger charge is -2.23. The van der Waals surface area contributed by atoms with E-state index in [0.29, 0.717) is 18.7 Å². The number of rotatable bonds is 2. The monoisotopic (exact) mass is 244 g/mol. The zero-order chi connectivity index (χ0) is 12.5. The van der Waals surface area contributed by atoms with Gasteiger partial charge >= 0.3 is 6.18 Å². The van der Waals surface area contributed by atoms with Gasteiger partial charge in [-0.2, -0.15) is 13.2 Å². The van der Waals surface area contributed by atoms with Crippen LogP contribution in [0.4, 0.5) is 18.9 Å². The van der Waals surface area contributed by atoms with Gasteiger partial charge in [-0.05, 0) is 30.5 Å². The minimum Gasteiger partial charge on any atom is -0.371 e. The average Bonchev–Trinajstić information content (AvgIpc) is 2.80. The second-order valence-electron chi connectivity index (χ2n) is 4.25. The molecule has 0 aliphatic carbocycles. The predicted octanol–water partition coefficient (Wildman–Crippen LogP) is 2.76. The molecular formula is C12H15F3N2. The van der Waals surface area contributed by atoms with Crippen molar-refractivity contribution in [3.8, 4) is 0 Å². The number of anilines is 1. The molecule has 1 saturated heterocycles. The van der Waals surface area contributed by atoms with E-state index in [2.05, 4.69) is 0 Å². The summed E-state index contributed by atoms with van der Waals surface area (Å²) in [5.74, 6) is 0. The van der Waals surface area contributed by atoms with Gasteiger partial charge in [-0.25, -0.2) is 0 Å². The van der Waals surface area contributed by atoms with Gasteiger partial charge in [0.05, 0.1) is 5.56 Å². The fraction of sp³-hybridized carbons (Fsp3) is 0.500. The number of hydrogen-bond donors (Lipinski definition) is 1. The van der Waals surface area contributed by atoms with Gasteiger partial charge in [0.25, 0.3) is 0 Å². The van der Waals surface area contributed by atoms with Crippen LogP contribution in [0.2, 0.25) is 0 Å². The molecule has 2 rings (SSSR count). The topological polar surface area (TPSA) is 29.3 Å². The number of benzene rings is 1. The third kappa shape index (κ3) is 2.54. The Morgan fingerprint density at radius 1 is 1.18 bits per heavy atom. The second kappa shape index (κ2) is 4.56. The molecule has 0 spiro atoms. The summed E-state index contributed by atoms with van der Waals surface area (Å²) >= 11 is 0. The van der Waals surface area contributed by atoms with Gasteiger partial charge in [-0.1, -0.05) is 6.07 Å². The molecule has 0 aromatic heterocycles. The van der Waals surface area contributed by atoms with Crippen molar-refractivity contribution in [3.63, 3.8) is 0 Å². The third-order valence-electron chi connectivity index (χ3n) is 3.05. The molecule has 1 aliphatic rings. The number of hydrogen-bond acceptors (Lipinski definition) is 2. The molecule has 2 N–H and O–H groups in total. The first-order valence-electron chi connectivity index (χ1n) is 5.67. The predicted molar refractivity (Wildman–Crippen MR) is 60.8 cm³/mol. The highest BCUT2D eigenvalue weighted by atomic mass is 19.4. The molecule has 0 saturated carbocycles. The molecule has 0 unspecified atom stereocenters. The molecule has 2 nitrogen and oxygen atoms in total. The van der Waals surface area contributed by atoms with Crippen LogP contribution in [0.15, 0.2) is 18.2 Å². The van der Waals surface area contributed by atoms with E-state index < -0.39 is 11.7 Å². The van der Waals surface area contributed by atoms with E-state index >= 15 is 0 Å². The van der Waals surface area contributed by atoms with E-state index in [1.807, 2.05) is 0 Å². The molecule has 0 atom stereocenters. The van der Waals surface area contributed by atoms with Crippen molar-refractivity contribution in [3.05, 3.63) is 29.3 Å². The fourth-order valence-electron chi connectivity index (χ4n) is 2.17. The first-order chi connectivity index (χ1) is 8.02. The lowest BCUT2D eigenvalue weighted by Crippen LogP contribution is -2.22. The van der Waals surface area contributed by atoms with Gasteiger partial charge in [0.15, 0.2) is 0 Å². The second-order valence-corrected chi connectivity index (χ2v) is 4.25. The first-order valence-corrected chi connectivity index (χ1v) is 5.67. The number of halogens is 3. The minimum atomic E-state index is -4.32. The molecular weight excluding hydrogens is 229 g/mol. The van der Waals surface area contributed by atoms with Crippen LogP contribution in [0.5, 0.6) is 0 Å². The summed E-state index contributed by atoms with van der Waals surface area (Å²) in [5, 5.41) is 0. The van der Waals surface area contributed by atoms with Crippen LogP contribution >= 0.6 is 0 Å². The van der Waals surface area contributed by atoms with Gasteiger partial charge in [0.2, 0.25) is 0 Å². The summed E-state index contributed by atoms with van der Waals surface area (Å²) in [6.45, 7) is 1.53. The molecule has 94 valence electrons. The van der Waals surface area contributed by atoms with Crippen LogP contribution in [0.3, 0.4) is 0 Å². The normalized spacial score (nSPS) is 16.6. The van der Waals surface area contributed by atoms with Crippen LogP contribution in [0, 0.1) is 0 Å². The van der Waals surface area contributed by atoms with E-state index in [4.69, 9.17) is 5.73 Å². The van der Waals surface area contributed by atoms with E-state index in [9.17, 15) is 13.2 Å². The van der Waals surface area contributed by atoms with Gasteiger partial charge in [-0.15, -0.1) is 0 Å². The number of nitrogens with two attached hydrogens (primary N) is 1. The molecule has 1 aromatic rings. The summed E-state index contributed by atoms with van der Waals surface area (Å²) in [6, 6.07) is 4.37. The summed E-state index contributed by atoms with van der Waals surface area (Å²) < 4.78 is 38.9. The number of nitrogens with zero attached hydrogens (tertiary/aromatic N) is 1. The zero-order valence-electron chi connectivity index (χ0n) is 9.43. The molecule has 17 heavy (non-hydrogen) atoms. The van der Waals surface area contributed by atoms with Crippen molar-refractivity contribution in [2.24, 2.45) is 5.73 Å². The molecule has 5 heteroatoms. The molecule has 0 bridgehead atoms. The van der Waals surface area contributed by atoms with Crippen molar-refractivity contribution in [1.29, 1.82) is 0 Å². The Morgan fingerprint density at radius 3 is 2.35 bits per heavy atom. The Labute approximate surface area is 98.2 Å². The van der Waals surface area contributed by atoms with Crippen molar-refractivity contribution in [2.45, 2.75) is 25.6 Å². The highest BCUT2D eigenvalue weighted by Crippen LogP contribution is 2.38. The van der Waals surface area contributed by atoms with Crippen LogP contribution < -0.4 is 10.6 Å². The molecule has 1 heterocycles. The molecule has 0 amide bonds. The van der Waals surface area contributed by atoms with Crippen molar-refractivity contribution in [2.75, 3.05) is 18.0 Å². The fourth-order valence-corrected chi connectivity index (χ4v) is 2.17. The minimum absolute atomic E-state index is 0.128. The van der Waals surface area contributed by atoms with E-state index in [1.165, 1.54) is 6.07 Å². The lowest BCUT2D eigenvalue weighted by atomic mass is 10.1. The highest BCUT2D eigenvalue weighted by molar-refractivity contribution is 5.57. The Morgan fingerprint density at radius 2 is 1.82 bits per heavy atom. The smallest absolute Gasteiger partial charge is 0.371 e. The summed E-state index contributed by atoms with van der Waals surface area (Å²) in [7, 11) is 0. The van der Waals surface area contributed by atoms with Crippen molar-refractivity contribution in [1.82, 2.24) is 0 Å². The SMILES string of the molecule is NCc1ccc(N2CCCC2)c(C(F)(F)F)c1. The van der Waals surface area contributed by atoms with Crippen molar-refractivity contribution >= 4 is 5.69 Å². The van der Waals surface area contributed by atoms with E-state index in [-0.39, 0.29) is 12.2 Å². The Hall–Kier alpha value is -1.23. The van der Waals surface area contributed by atoms with Gasteiger partial charge in [0, 0.05) is 25.3 Å². The molecule has 1 fully saturated rings. The summed E-state index contributed by atoms with van der Waals surface area (Å²) in [4.78, 5) is 1.79. The standard InChI is InChI=1S/C12H15F3N2/c13-12(14,15)10-7-9(8-16)3-4-11(10)17-5-1-2-6-17/h3-4,7H,1-2,5-6,8,16H2. The van der Waals surface area contributed by atoms with Gasteiger partial charge in [0.1, 0.15) is 0 Å². The molecule has 1 aliphatic heterocycles. The van der Waals surface area contributed by atoms with Crippen LogP contribution in [-0.2, 0) is 12.7 Å². The Bertz CT molecular complexity index is 395.